The average molecular weight is 304 g/mol. The highest BCUT2D eigenvalue weighted by Crippen LogP contribution is 2.67. The highest BCUT2D eigenvalue weighted by atomic mass is 16.3. The molecule has 0 radical (unpaired) electrons. The molecule has 3 saturated carbocycles. The Kier molecular flexibility index (Phi) is 3.18. The third-order valence-corrected chi connectivity index (χ3v) is 8.73. The molecular formula is C20H32O2. The number of hydrogen-bond acceptors (Lipinski definition) is 2. The van der Waals surface area contributed by atoms with Gasteiger partial charge >= 0.3 is 0 Å². The fraction of sp³-hybridized carbons (Fsp3) is 0.900. The molecule has 0 saturated heterocycles. The van der Waals surface area contributed by atoms with Crippen molar-refractivity contribution >= 4 is 0 Å². The third-order valence-electron chi connectivity index (χ3n) is 8.73. The lowest BCUT2D eigenvalue weighted by Crippen LogP contribution is -2.55. The van der Waals surface area contributed by atoms with Crippen LogP contribution in [0.1, 0.15) is 65.7 Å². The maximum atomic E-state index is 10.9. The summed E-state index contributed by atoms with van der Waals surface area (Å²) in [7, 11) is 0. The summed E-state index contributed by atoms with van der Waals surface area (Å²) in [4.78, 5) is 0. The Morgan fingerprint density at radius 1 is 0.955 bits per heavy atom. The van der Waals surface area contributed by atoms with E-state index in [1.165, 1.54) is 32.1 Å². The second-order valence-electron chi connectivity index (χ2n) is 9.45. The summed E-state index contributed by atoms with van der Waals surface area (Å²) in [6.07, 6.45) is 12.3. The molecule has 4 aliphatic rings. The van der Waals surface area contributed by atoms with Crippen molar-refractivity contribution in [3.05, 3.63) is 12.2 Å². The minimum Gasteiger partial charge on any atom is -0.390 e. The molecule has 0 aromatic heterocycles. The molecule has 4 aliphatic carbocycles. The lowest BCUT2D eigenvalue weighted by molar-refractivity contribution is -0.131. The first kappa shape index (κ1) is 15.2. The van der Waals surface area contributed by atoms with E-state index in [4.69, 9.17) is 0 Å². The summed E-state index contributed by atoms with van der Waals surface area (Å²) in [5, 5.41) is 20.9. The molecule has 0 amide bonds. The van der Waals surface area contributed by atoms with Crippen LogP contribution >= 0.6 is 0 Å². The molecule has 0 bridgehead atoms. The van der Waals surface area contributed by atoms with Gasteiger partial charge in [-0.1, -0.05) is 26.0 Å². The van der Waals surface area contributed by atoms with Crippen molar-refractivity contribution in [3.8, 4) is 0 Å². The molecule has 0 aromatic carbocycles. The fourth-order valence-electron chi connectivity index (χ4n) is 7.03. The standard InChI is InChI=1S/C20H32O2/c1-18-9-6-14(21)12-13(18)4-5-15-16(18)7-10-19(2)17(15)8-11-20(19,3)22/h6,9,13-17,21-22H,4-5,7-8,10-12H2,1-3H3/t13?,14?,15-,16-,17+,18+,19+,20?/m1/s1. The zero-order valence-corrected chi connectivity index (χ0v) is 14.4. The minimum atomic E-state index is -0.473. The molecule has 2 nitrogen and oxygen atoms in total. The number of allylic oxidation sites excluding steroid dienone is 1. The Bertz CT molecular complexity index is 496. The van der Waals surface area contributed by atoms with E-state index < -0.39 is 5.60 Å². The minimum absolute atomic E-state index is 0.120. The number of rotatable bonds is 0. The monoisotopic (exact) mass is 304 g/mol. The second-order valence-corrected chi connectivity index (χ2v) is 9.45. The van der Waals surface area contributed by atoms with Gasteiger partial charge in [0.2, 0.25) is 0 Å². The number of aliphatic hydroxyl groups is 2. The zero-order valence-electron chi connectivity index (χ0n) is 14.4. The van der Waals surface area contributed by atoms with Crippen molar-refractivity contribution in [2.24, 2.45) is 34.5 Å². The molecule has 0 aromatic rings. The van der Waals surface area contributed by atoms with Gasteiger partial charge in [0.25, 0.3) is 0 Å². The molecule has 0 spiro atoms. The largest absolute Gasteiger partial charge is 0.390 e. The van der Waals surface area contributed by atoms with Gasteiger partial charge in [-0.2, -0.15) is 0 Å². The van der Waals surface area contributed by atoms with E-state index in [0.717, 1.165) is 24.7 Å². The van der Waals surface area contributed by atoms with Gasteiger partial charge in [-0.15, -0.1) is 0 Å². The zero-order chi connectivity index (χ0) is 15.8. The molecule has 124 valence electrons. The molecule has 22 heavy (non-hydrogen) atoms. The Labute approximate surface area is 135 Å². The predicted molar refractivity (Wildman–Crippen MR) is 88.3 cm³/mol. The van der Waals surface area contributed by atoms with Crippen LogP contribution in [0.2, 0.25) is 0 Å². The molecule has 2 heteroatoms. The SMILES string of the molecule is CC1(O)CC[C@H]2[C@@H]3CCC4CC(O)C=C[C@]4(C)[C@@H]3CC[C@@]21C. The summed E-state index contributed by atoms with van der Waals surface area (Å²) in [5.41, 5.74) is -0.0772. The van der Waals surface area contributed by atoms with Gasteiger partial charge < -0.3 is 10.2 Å². The maximum Gasteiger partial charge on any atom is 0.0724 e. The smallest absolute Gasteiger partial charge is 0.0724 e. The van der Waals surface area contributed by atoms with E-state index in [1.807, 2.05) is 0 Å². The molecule has 3 fully saturated rings. The van der Waals surface area contributed by atoms with Gasteiger partial charge in [0.1, 0.15) is 0 Å². The Morgan fingerprint density at radius 3 is 2.45 bits per heavy atom. The van der Waals surface area contributed by atoms with Crippen LogP contribution in [0.3, 0.4) is 0 Å². The van der Waals surface area contributed by atoms with Crippen LogP contribution in [0.25, 0.3) is 0 Å². The van der Waals surface area contributed by atoms with Crippen LogP contribution in [0, 0.1) is 34.5 Å². The van der Waals surface area contributed by atoms with E-state index in [0.29, 0.717) is 11.8 Å². The molecule has 3 unspecified atom stereocenters. The first-order chi connectivity index (χ1) is 10.3. The lowest BCUT2D eigenvalue weighted by Gasteiger charge is -2.60. The molecular weight excluding hydrogens is 272 g/mol. The average Bonchev–Trinajstić information content (AvgIpc) is 2.70. The highest BCUT2D eigenvalue weighted by molar-refractivity contribution is 5.18. The molecule has 4 rings (SSSR count). The van der Waals surface area contributed by atoms with Crippen molar-refractivity contribution < 1.29 is 10.2 Å². The van der Waals surface area contributed by atoms with Crippen molar-refractivity contribution in [1.29, 1.82) is 0 Å². The van der Waals surface area contributed by atoms with Crippen LogP contribution in [-0.4, -0.2) is 21.9 Å². The summed E-state index contributed by atoms with van der Waals surface area (Å²) in [6.45, 7) is 6.89. The Balaban J connectivity index is 1.68. The van der Waals surface area contributed by atoms with Crippen molar-refractivity contribution in [3.63, 3.8) is 0 Å². The number of fused-ring (bicyclic) bond motifs is 5. The lowest BCUT2D eigenvalue weighted by atomic mass is 9.45. The van der Waals surface area contributed by atoms with Gasteiger partial charge in [-0.25, -0.2) is 0 Å². The molecule has 0 aliphatic heterocycles. The van der Waals surface area contributed by atoms with E-state index in [2.05, 4.69) is 32.9 Å². The first-order valence-corrected chi connectivity index (χ1v) is 9.38. The maximum absolute atomic E-state index is 10.9. The van der Waals surface area contributed by atoms with Crippen molar-refractivity contribution in [2.75, 3.05) is 0 Å². The first-order valence-electron chi connectivity index (χ1n) is 9.38. The molecule has 8 atom stereocenters. The number of aliphatic hydroxyl groups excluding tert-OH is 1. The summed E-state index contributed by atoms with van der Waals surface area (Å²) in [5.74, 6) is 2.87. The normalized spacial score (nSPS) is 60.5. The van der Waals surface area contributed by atoms with Gasteiger partial charge in [0.05, 0.1) is 11.7 Å². The van der Waals surface area contributed by atoms with Crippen LogP contribution in [0.15, 0.2) is 12.2 Å². The topological polar surface area (TPSA) is 40.5 Å². The summed E-state index contributed by atoms with van der Waals surface area (Å²) >= 11 is 0. The summed E-state index contributed by atoms with van der Waals surface area (Å²) in [6, 6.07) is 0. The van der Waals surface area contributed by atoms with Crippen LogP contribution < -0.4 is 0 Å². The van der Waals surface area contributed by atoms with E-state index >= 15 is 0 Å². The fourth-order valence-corrected chi connectivity index (χ4v) is 7.03. The molecule has 0 heterocycles. The second kappa shape index (κ2) is 4.60. The quantitative estimate of drug-likeness (QED) is 0.666. The van der Waals surface area contributed by atoms with Gasteiger partial charge in [-0.05, 0) is 86.4 Å². The third kappa shape index (κ3) is 1.80. The van der Waals surface area contributed by atoms with Crippen molar-refractivity contribution in [1.82, 2.24) is 0 Å². The predicted octanol–water partition coefficient (Wildman–Crippen LogP) is 3.92. The van der Waals surface area contributed by atoms with E-state index in [-0.39, 0.29) is 16.9 Å². The van der Waals surface area contributed by atoms with Crippen LogP contribution in [0.4, 0.5) is 0 Å². The Hall–Kier alpha value is -0.340. The van der Waals surface area contributed by atoms with Crippen LogP contribution in [-0.2, 0) is 0 Å². The molecule has 2 N–H and O–H groups in total. The Morgan fingerprint density at radius 2 is 1.68 bits per heavy atom. The summed E-state index contributed by atoms with van der Waals surface area (Å²) < 4.78 is 0. The van der Waals surface area contributed by atoms with Crippen molar-refractivity contribution in [2.45, 2.75) is 77.4 Å². The number of hydrogen-bond donors (Lipinski definition) is 2. The van der Waals surface area contributed by atoms with Crippen LogP contribution in [0.5, 0.6) is 0 Å². The van der Waals surface area contributed by atoms with E-state index in [9.17, 15) is 10.2 Å². The van der Waals surface area contributed by atoms with Gasteiger partial charge in [0, 0.05) is 0 Å². The van der Waals surface area contributed by atoms with Gasteiger partial charge in [0.15, 0.2) is 0 Å². The van der Waals surface area contributed by atoms with Gasteiger partial charge in [-0.3, -0.25) is 0 Å². The van der Waals surface area contributed by atoms with E-state index in [1.54, 1.807) is 0 Å². The highest BCUT2D eigenvalue weighted by Gasteiger charge is 2.62.